The molecule has 4 nitrogen and oxygen atoms in total. The summed E-state index contributed by atoms with van der Waals surface area (Å²) in [5.74, 6) is 1.12. The summed E-state index contributed by atoms with van der Waals surface area (Å²) in [6, 6.07) is 0. The number of likely N-dealkylation sites (N-methyl/N-ethyl adjacent to an activating group) is 1. The summed E-state index contributed by atoms with van der Waals surface area (Å²) in [5, 5.41) is 9.51. The summed E-state index contributed by atoms with van der Waals surface area (Å²) in [4.78, 5) is 16.0. The van der Waals surface area contributed by atoms with Crippen LogP contribution in [0.2, 0.25) is 0 Å². The lowest BCUT2D eigenvalue weighted by Crippen LogP contribution is -2.56. The van der Waals surface area contributed by atoms with Gasteiger partial charge in [0.25, 0.3) is 0 Å². The van der Waals surface area contributed by atoms with Gasteiger partial charge in [0.1, 0.15) is 5.54 Å². The van der Waals surface area contributed by atoms with E-state index in [1.807, 2.05) is 0 Å². The Bertz CT molecular complexity index is 267. The molecule has 2 heterocycles. The number of hydrogen-bond donors (Lipinski definition) is 1. The molecule has 5 heteroatoms. The molecule has 1 atom stereocenters. The van der Waals surface area contributed by atoms with Gasteiger partial charge in [-0.1, -0.05) is 0 Å². The molecule has 0 aromatic heterocycles. The van der Waals surface area contributed by atoms with Crippen molar-refractivity contribution in [2.24, 2.45) is 0 Å². The molecule has 2 rings (SSSR count). The summed E-state index contributed by atoms with van der Waals surface area (Å²) < 4.78 is 0. The van der Waals surface area contributed by atoms with Crippen LogP contribution in [0, 0.1) is 0 Å². The highest BCUT2D eigenvalue weighted by Crippen LogP contribution is 2.34. The average molecular weight is 244 g/mol. The molecule has 0 aromatic carbocycles. The van der Waals surface area contributed by atoms with Gasteiger partial charge in [-0.15, -0.1) is 0 Å². The zero-order valence-electron chi connectivity index (χ0n) is 9.81. The molecule has 0 spiro atoms. The first-order chi connectivity index (χ1) is 7.65. The average Bonchev–Trinajstić information content (AvgIpc) is 2.64. The summed E-state index contributed by atoms with van der Waals surface area (Å²) in [6.07, 6.45) is 1.88. The summed E-state index contributed by atoms with van der Waals surface area (Å²) in [7, 11) is 2.11. The number of carboxylic acids is 1. The lowest BCUT2D eigenvalue weighted by Gasteiger charge is -2.36. The van der Waals surface area contributed by atoms with E-state index in [2.05, 4.69) is 16.8 Å². The number of hydrogen-bond acceptors (Lipinski definition) is 4. The molecule has 2 fully saturated rings. The number of carboxylic acid groups (broad SMARTS) is 1. The summed E-state index contributed by atoms with van der Waals surface area (Å²) in [5.41, 5.74) is -0.574. The van der Waals surface area contributed by atoms with Crippen molar-refractivity contribution >= 4 is 17.7 Å². The molecule has 92 valence electrons. The van der Waals surface area contributed by atoms with Crippen LogP contribution >= 0.6 is 11.8 Å². The van der Waals surface area contributed by atoms with E-state index in [9.17, 15) is 9.90 Å². The van der Waals surface area contributed by atoms with Gasteiger partial charge in [0.05, 0.1) is 0 Å². The van der Waals surface area contributed by atoms with Crippen molar-refractivity contribution < 1.29 is 9.90 Å². The number of aliphatic carboxylic acids is 1. The third kappa shape index (κ3) is 2.21. The molecule has 2 saturated heterocycles. The van der Waals surface area contributed by atoms with E-state index < -0.39 is 11.5 Å². The van der Waals surface area contributed by atoms with Crippen LogP contribution < -0.4 is 0 Å². The first kappa shape index (κ1) is 12.2. The topological polar surface area (TPSA) is 43.8 Å². The second kappa shape index (κ2) is 4.94. The minimum absolute atomic E-state index is 0.574. The van der Waals surface area contributed by atoms with Crippen molar-refractivity contribution in [2.75, 3.05) is 44.7 Å². The van der Waals surface area contributed by atoms with E-state index in [0.29, 0.717) is 0 Å². The summed E-state index contributed by atoms with van der Waals surface area (Å²) in [6.45, 7) is 3.89. The van der Waals surface area contributed by atoms with Crippen LogP contribution in [0.1, 0.15) is 12.8 Å². The largest absolute Gasteiger partial charge is 0.480 e. The standard InChI is InChI=1S/C11H20N2O2S/c1-12-4-2-5-13(7-6-12)11(10(14)15)3-8-16-9-11/h2-9H2,1H3,(H,14,15). The number of rotatable bonds is 2. The Balaban J connectivity index is 2.10. The number of carbonyl (C=O) groups is 1. The third-order valence-electron chi connectivity index (χ3n) is 3.72. The Morgan fingerprint density at radius 3 is 2.75 bits per heavy atom. The Morgan fingerprint density at radius 1 is 1.31 bits per heavy atom. The van der Waals surface area contributed by atoms with Gasteiger partial charge in [-0.2, -0.15) is 11.8 Å². The zero-order chi connectivity index (χ0) is 11.6. The molecule has 16 heavy (non-hydrogen) atoms. The lowest BCUT2D eigenvalue weighted by molar-refractivity contribution is -0.149. The highest BCUT2D eigenvalue weighted by Gasteiger charge is 2.46. The first-order valence-corrected chi connectivity index (χ1v) is 7.05. The Kier molecular flexibility index (Phi) is 3.77. The maximum Gasteiger partial charge on any atom is 0.325 e. The van der Waals surface area contributed by atoms with E-state index in [4.69, 9.17) is 0 Å². The highest BCUT2D eigenvalue weighted by molar-refractivity contribution is 7.99. The van der Waals surface area contributed by atoms with Gasteiger partial charge < -0.3 is 10.0 Å². The van der Waals surface area contributed by atoms with Gasteiger partial charge in [-0.25, -0.2) is 0 Å². The minimum Gasteiger partial charge on any atom is -0.480 e. The van der Waals surface area contributed by atoms with Crippen LogP contribution in [0.5, 0.6) is 0 Å². The molecule has 2 aliphatic heterocycles. The molecule has 0 amide bonds. The highest BCUT2D eigenvalue weighted by atomic mass is 32.2. The van der Waals surface area contributed by atoms with Crippen LogP contribution in [0.3, 0.4) is 0 Å². The van der Waals surface area contributed by atoms with Crippen molar-refractivity contribution in [1.82, 2.24) is 9.80 Å². The molecule has 0 saturated carbocycles. The molecular formula is C11H20N2O2S. The molecule has 0 aromatic rings. The molecule has 2 aliphatic rings. The molecule has 1 N–H and O–H groups in total. The molecular weight excluding hydrogens is 224 g/mol. The second-order valence-corrected chi connectivity index (χ2v) is 5.89. The van der Waals surface area contributed by atoms with Crippen LogP contribution in [0.4, 0.5) is 0 Å². The van der Waals surface area contributed by atoms with Gasteiger partial charge >= 0.3 is 5.97 Å². The van der Waals surface area contributed by atoms with Gasteiger partial charge in [-0.05, 0) is 32.2 Å². The Morgan fingerprint density at radius 2 is 2.12 bits per heavy atom. The van der Waals surface area contributed by atoms with Crippen LogP contribution in [0.15, 0.2) is 0 Å². The fourth-order valence-corrected chi connectivity index (χ4v) is 4.00. The Labute approximate surface area is 101 Å². The number of thioether (sulfide) groups is 1. The van der Waals surface area contributed by atoms with E-state index >= 15 is 0 Å². The molecule has 0 radical (unpaired) electrons. The number of nitrogens with zero attached hydrogens (tertiary/aromatic N) is 2. The predicted octanol–water partition coefficient (Wildman–Crippen LogP) is 0.584. The minimum atomic E-state index is -0.623. The van der Waals surface area contributed by atoms with Crippen molar-refractivity contribution in [2.45, 2.75) is 18.4 Å². The lowest BCUT2D eigenvalue weighted by atomic mass is 9.96. The predicted molar refractivity (Wildman–Crippen MR) is 66.0 cm³/mol. The summed E-state index contributed by atoms with van der Waals surface area (Å²) >= 11 is 1.77. The van der Waals surface area contributed by atoms with E-state index in [1.165, 1.54) is 0 Å². The van der Waals surface area contributed by atoms with Gasteiger partial charge in [0, 0.05) is 25.4 Å². The SMILES string of the molecule is CN1CCCN(C2(C(=O)O)CCSC2)CC1. The van der Waals surface area contributed by atoms with Gasteiger partial charge in [0.2, 0.25) is 0 Å². The van der Waals surface area contributed by atoms with E-state index in [-0.39, 0.29) is 0 Å². The van der Waals surface area contributed by atoms with Gasteiger partial charge in [0.15, 0.2) is 0 Å². The smallest absolute Gasteiger partial charge is 0.325 e. The van der Waals surface area contributed by atoms with Crippen molar-refractivity contribution in [3.63, 3.8) is 0 Å². The fraction of sp³-hybridized carbons (Fsp3) is 0.909. The van der Waals surface area contributed by atoms with Crippen LogP contribution in [-0.2, 0) is 4.79 Å². The quantitative estimate of drug-likeness (QED) is 0.770. The first-order valence-electron chi connectivity index (χ1n) is 5.90. The van der Waals surface area contributed by atoms with Crippen molar-refractivity contribution in [3.8, 4) is 0 Å². The van der Waals surface area contributed by atoms with E-state index in [0.717, 1.165) is 50.5 Å². The maximum atomic E-state index is 11.5. The monoisotopic (exact) mass is 244 g/mol. The molecule has 0 aliphatic carbocycles. The fourth-order valence-electron chi connectivity index (χ4n) is 2.58. The van der Waals surface area contributed by atoms with E-state index in [1.54, 1.807) is 11.8 Å². The molecule has 0 bridgehead atoms. The maximum absolute atomic E-state index is 11.5. The van der Waals surface area contributed by atoms with Crippen LogP contribution in [-0.4, -0.2) is 71.1 Å². The normalized spacial score (nSPS) is 33.8. The van der Waals surface area contributed by atoms with Crippen LogP contribution in [0.25, 0.3) is 0 Å². The second-order valence-electron chi connectivity index (χ2n) is 4.78. The Hall–Kier alpha value is -0.260. The zero-order valence-corrected chi connectivity index (χ0v) is 10.6. The van der Waals surface area contributed by atoms with Gasteiger partial charge in [-0.3, -0.25) is 9.69 Å². The van der Waals surface area contributed by atoms with Crippen molar-refractivity contribution in [3.05, 3.63) is 0 Å². The molecule has 1 unspecified atom stereocenters. The van der Waals surface area contributed by atoms with Crippen molar-refractivity contribution in [1.29, 1.82) is 0 Å². The third-order valence-corrected chi connectivity index (χ3v) is 4.90.